The fourth-order valence-electron chi connectivity index (χ4n) is 2.12. The molecule has 0 saturated carbocycles. The number of benzene rings is 2. The molecular formula is C15H11ClO3. The second kappa shape index (κ2) is 4.59. The number of fused-ring (bicyclic) bond motifs is 2. The number of halogens is 1. The lowest BCUT2D eigenvalue weighted by Gasteiger charge is -2.09. The lowest BCUT2D eigenvalue weighted by atomic mass is 10.0. The third kappa shape index (κ3) is 2.06. The van der Waals surface area contributed by atoms with Crippen LogP contribution in [0.3, 0.4) is 0 Å². The van der Waals surface area contributed by atoms with Crippen LogP contribution in [0, 0.1) is 0 Å². The molecule has 0 N–H and O–H groups in total. The SMILES string of the molecule is COc1ccc2c(c1)C(=O)Cc1c(Cl)cccc1O2. The highest BCUT2D eigenvalue weighted by molar-refractivity contribution is 6.32. The van der Waals surface area contributed by atoms with Gasteiger partial charge in [-0.15, -0.1) is 0 Å². The molecule has 4 heteroatoms. The molecule has 2 aromatic carbocycles. The van der Waals surface area contributed by atoms with Gasteiger partial charge in [-0.2, -0.15) is 0 Å². The molecule has 0 amide bonds. The average molecular weight is 275 g/mol. The van der Waals surface area contributed by atoms with E-state index < -0.39 is 0 Å². The normalized spacial score (nSPS) is 13.1. The van der Waals surface area contributed by atoms with E-state index in [-0.39, 0.29) is 12.2 Å². The largest absolute Gasteiger partial charge is 0.497 e. The molecule has 3 nitrogen and oxygen atoms in total. The number of methoxy groups -OCH3 is 1. The summed E-state index contributed by atoms with van der Waals surface area (Å²) in [4.78, 5) is 12.3. The number of ether oxygens (including phenoxy) is 2. The van der Waals surface area contributed by atoms with Gasteiger partial charge in [0.1, 0.15) is 17.2 Å². The van der Waals surface area contributed by atoms with E-state index in [1.807, 2.05) is 6.07 Å². The van der Waals surface area contributed by atoms with E-state index in [0.29, 0.717) is 27.8 Å². The van der Waals surface area contributed by atoms with E-state index in [0.717, 1.165) is 5.56 Å². The monoisotopic (exact) mass is 274 g/mol. The minimum Gasteiger partial charge on any atom is -0.497 e. The number of carbonyl (C=O) groups is 1. The lowest BCUT2D eigenvalue weighted by Crippen LogP contribution is -2.02. The highest BCUT2D eigenvalue weighted by atomic mass is 35.5. The van der Waals surface area contributed by atoms with Gasteiger partial charge in [-0.3, -0.25) is 4.79 Å². The lowest BCUT2D eigenvalue weighted by molar-refractivity contribution is 0.0993. The van der Waals surface area contributed by atoms with Crippen LogP contribution in [0.1, 0.15) is 15.9 Å². The molecule has 1 heterocycles. The van der Waals surface area contributed by atoms with Gasteiger partial charge in [0.25, 0.3) is 0 Å². The van der Waals surface area contributed by atoms with Crippen LogP contribution in [0.25, 0.3) is 0 Å². The minimum atomic E-state index is -0.0271. The summed E-state index contributed by atoms with van der Waals surface area (Å²) in [5.74, 6) is 1.77. The zero-order chi connectivity index (χ0) is 13.4. The van der Waals surface area contributed by atoms with Crippen molar-refractivity contribution in [2.45, 2.75) is 6.42 Å². The topological polar surface area (TPSA) is 35.5 Å². The van der Waals surface area contributed by atoms with Crippen LogP contribution in [0.15, 0.2) is 36.4 Å². The van der Waals surface area contributed by atoms with Gasteiger partial charge in [0, 0.05) is 17.0 Å². The number of hydrogen-bond donors (Lipinski definition) is 0. The molecule has 0 bridgehead atoms. The molecule has 96 valence electrons. The van der Waals surface area contributed by atoms with E-state index in [2.05, 4.69) is 0 Å². The fourth-order valence-corrected chi connectivity index (χ4v) is 2.36. The molecule has 19 heavy (non-hydrogen) atoms. The van der Waals surface area contributed by atoms with Crippen molar-refractivity contribution in [3.05, 3.63) is 52.5 Å². The first-order chi connectivity index (χ1) is 9.19. The molecule has 1 aliphatic heterocycles. The van der Waals surface area contributed by atoms with Crippen molar-refractivity contribution in [2.24, 2.45) is 0 Å². The maximum Gasteiger partial charge on any atom is 0.171 e. The molecular weight excluding hydrogens is 264 g/mol. The molecule has 0 fully saturated rings. The van der Waals surface area contributed by atoms with E-state index in [1.165, 1.54) is 0 Å². The van der Waals surface area contributed by atoms with Crippen molar-refractivity contribution in [1.29, 1.82) is 0 Å². The molecule has 0 unspecified atom stereocenters. The predicted octanol–water partition coefficient (Wildman–Crippen LogP) is 3.88. The Kier molecular flexibility index (Phi) is 2.91. The molecule has 0 aromatic heterocycles. The van der Waals surface area contributed by atoms with Crippen molar-refractivity contribution in [3.8, 4) is 17.2 Å². The summed E-state index contributed by atoms with van der Waals surface area (Å²) in [6.45, 7) is 0. The van der Waals surface area contributed by atoms with Crippen molar-refractivity contribution in [3.63, 3.8) is 0 Å². The van der Waals surface area contributed by atoms with Gasteiger partial charge in [0.15, 0.2) is 5.78 Å². The highest BCUT2D eigenvalue weighted by Crippen LogP contribution is 2.37. The van der Waals surface area contributed by atoms with Gasteiger partial charge in [-0.1, -0.05) is 17.7 Å². The van der Waals surface area contributed by atoms with Gasteiger partial charge < -0.3 is 9.47 Å². The number of hydrogen-bond acceptors (Lipinski definition) is 3. The third-order valence-corrected chi connectivity index (χ3v) is 3.47. The standard InChI is InChI=1S/C15H11ClO3/c1-18-9-5-6-15-11(7-9)13(17)8-10-12(16)3-2-4-14(10)19-15/h2-7H,8H2,1H3. The number of Topliss-reactive ketones (excluding diaryl/α,β-unsaturated/α-hetero) is 1. The van der Waals surface area contributed by atoms with Gasteiger partial charge in [0.05, 0.1) is 12.7 Å². The summed E-state index contributed by atoms with van der Waals surface area (Å²) in [6.07, 6.45) is 0.231. The first-order valence-electron chi connectivity index (χ1n) is 5.85. The van der Waals surface area contributed by atoms with Crippen molar-refractivity contribution in [1.82, 2.24) is 0 Å². The molecule has 0 atom stereocenters. The molecule has 0 spiro atoms. The smallest absolute Gasteiger partial charge is 0.171 e. The Labute approximate surface area is 115 Å². The Balaban J connectivity index is 2.15. The van der Waals surface area contributed by atoms with Crippen LogP contribution < -0.4 is 9.47 Å². The van der Waals surface area contributed by atoms with E-state index >= 15 is 0 Å². The summed E-state index contributed by atoms with van der Waals surface area (Å²) >= 11 is 6.12. The quantitative estimate of drug-likeness (QED) is 0.792. The van der Waals surface area contributed by atoms with Crippen LogP contribution in [-0.4, -0.2) is 12.9 Å². The second-order valence-corrected chi connectivity index (χ2v) is 4.69. The first-order valence-corrected chi connectivity index (χ1v) is 6.23. The molecule has 1 aliphatic rings. The molecule has 0 aliphatic carbocycles. The van der Waals surface area contributed by atoms with Crippen LogP contribution in [0.2, 0.25) is 5.02 Å². The fraction of sp³-hybridized carbons (Fsp3) is 0.133. The maximum absolute atomic E-state index is 12.3. The van der Waals surface area contributed by atoms with Crippen molar-refractivity contribution < 1.29 is 14.3 Å². The molecule has 0 saturated heterocycles. The predicted molar refractivity (Wildman–Crippen MR) is 72.6 cm³/mol. The summed E-state index contributed by atoms with van der Waals surface area (Å²) in [5, 5.41) is 0.547. The van der Waals surface area contributed by atoms with Crippen LogP contribution in [0.5, 0.6) is 17.2 Å². The maximum atomic E-state index is 12.3. The minimum absolute atomic E-state index is 0.0271. The Hall–Kier alpha value is -2.00. The molecule has 2 aromatic rings. The summed E-state index contributed by atoms with van der Waals surface area (Å²) in [7, 11) is 1.56. The Morgan fingerprint density at radius 3 is 2.84 bits per heavy atom. The van der Waals surface area contributed by atoms with Crippen LogP contribution >= 0.6 is 11.6 Å². The van der Waals surface area contributed by atoms with Gasteiger partial charge >= 0.3 is 0 Å². The summed E-state index contributed by atoms with van der Waals surface area (Å²) < 4.78 is 10.9. The zero-order valence-corrected chi connectivity index (χ0v) is 11.0. The Bertz CT molecular complexity index is 664. The number of ketones is 1. The molecule has 3 rings (SSSR count). The van der Waals surface area contributed by atoms with Gasteiger partial charge in [-0.05, 0) is 30.3 Å². The number of carbonyl (C=O) groups excluding carboxylic acids is 1. The highest BCUT2D eigenvalue weighted by Gasteiger charge is 2.23. The van der Waals surface area contributed by atoms with E-state index in [1.54, 1.807) is 37.4 Å². The van der Waals surface area contributed by atoms with Crippen molar-refractivity contribution in [2.75, 3.05) is 7.11 Å². The zero-order valence-electron chi connectivity index (χ0n) is 10.3. The third-order valence-electron chi connectivity index (χ3n) is 3.12. The Morgan fingerprint density at radius 1 is 1.21 bits per heavy atom. The molecule has 0 radical (unpaired) electrons. The number of rotatable bonds is 1. The first kappa shape index (κ1) is 12.1. The van der Waals surface area contributed by atoms with Gasteiger partial charge in [0.2, 0.25) is 0 Å². The average Bonchev–Trinajstić information content (AvgIpc) is 2.56. The Morgan fingerprint density at radius 2 is 2.05 bits per heavy atom. The second-order valence-electron chi connectivity index (χ2n) is 4.28. The van der Waals surface area contributed by atoms with Gasteiger partial charge in [-0.25, -0.2) is 0 Å². The van der Waals surface area contributed by atoms with Crippen molar-refractivity contribution >= 4 is 17.4 Å². The summed E-state index contributed by atoms with van der Waals surface area (Å²) in [6, 6.07) is 10.6. The van der Waals surface area contributed by atoms with Crippen LogP contribution in [0.4, 0.5) is 0 Å². The van der Waals surface area contributed by atoms with E-state index in [4.69, 9.17) is 21.1 Å². The van der Waals surface area contributed by atoms with E-state index in [9.17, 15) is 4.79 Å². The summed E-state index contributed by atoms with van der Waals surface area (Å²) in [5.41, 5.74) is 1.25. The van der Waals surface area contributed by atoms with Crippen LogP contribution in [-0.2, 0) is 6.42 Å².